The summed E-state index contributed by atoms with van der Waals surface area (Å²) in [6.07, 6.45) is 0.877. The van der Waals surface area contributed by atoms with Gasteiger partial charge >= 0.3 is 5.76 Å². The van der Waals surface area contributed by atoms with E-state index in [-0.39, 0.29) is 17.4 Å². The standard InChI is InChI=1S/C12H13NO5/c1-17-9-4-2-7(6-8(9)14)3-5-10-11(15)13-12(16)18-10/h2,4,6,14-15H,3,5H2,1H3,(H,13,16). The zero-order valence-electron chi connectivity index (χ0n) is 9.77. The molecule has 0 saturated carbocycles. The maximum Gasteiger partial charge on any atom is 0.419 e. The molecular formula is C12H13NO5. The molecule has 0 fully saturated rings. The Morgan fingerprint density at radius 1 is 1.33 bits per heavy atom. The number of aromatic nitrogens is 1. The number of nitrogens with one attached hydrogen (secondary N) is 1. The summed E-state index contributed by atoms with van der Waals surface area (Å²) in [5.41, 5.74) is 0.844. The van der Waals surface area contributed by atoms with Gasteiger partial charge in [-0.05, 0) is 24.1 Å². The summed E-state index contributed by atoms with van der Waals surface area (Å²) in [5.74, 6) is -0.280. The average molecular weight is 251 g/mol. The van der Waals surface area contributed by atoms with E-state index >= 15 is 0 Å². The second-order valence-electron chi connectivity index (χ2n) is 3.79. The van der Waals surface area contributed by atoms with E-state index in [1.807, 2.05) is 0 Å². The van der Waals surface area contributed by atoms with Crippen LogP contribution < -0.4 is 10.5 Å². The van der Waals surface area contributed by atoms with Crippen LogP contribution in [0.1, 0.15) is 11.3 Å². The highest BCUT2D eigenvalue weighted by atomic mass is 16.5. The Morgan fingerprint density at radius 2 is 2.11 bits per heavy atom. The molecule has 2 rings (SSSR count). The number of phenolic OH excluding ortho intramolecular Hbond substituents is 1. The van der Waals surface area contributed by atoms with Crippen molar-refractivity contribution in [3.05, 3.63) is 40.1 Å². The number of ether oxygens (including phenoxy) is 1. The summed E-state index contributed by atoms with van der Waals surface area (Å²) in [6.45, 7) is 0. The van der Waals surface area contributed by atoms with Gasteiger partial charge in [-0.15, -0.1) is 0 Å². The molecule has 0 unspecified atom stereocenters. The Balaban J connectivity index is 2.08. The third-order valence-electron chi connectivity index (χ3n) is 2.58. The number of aromatic hydroxyl groups is 2. The van der Waals surface area contributed by atoms with Gasteiger partial charge in [0.25, 0.3) is 0 Å². The van der Waals surface area contributed by atoms with Crippen LogP contribution in [0.15, 0.2) is 27.4 Å². The van der Waals surface area contributed by atoms with E-state index in [4.69, 9.17) is 9.15 Å². The fourth-order valence-electron chi connectivity index (χ4n) is 1.67. The molecule has 0 aliphatic carbocycles. The lowest BCUT2D eigenvalue weighted by Gasteiger charge is -2.05. The van der Waals surface area contributed by atoms with Gasteiger partial charge in [0.15, 0.2) is 17.3 Å². The molecule has 0 bridgehead atoms. The van der Waals surface area contributed by atoms with Crippen LogP contribution in [0.5, 0.6) is 17.4 Å². The zero-order valence-corrected chi connectivity index (χ0v) is 9.77. The number of phenols is 1. The van der Waals surface area contributed by atoms with Gasteiger partial charge in [0.2, 0.25) is 5.88 Å². The van der Waals surface area contributed by atoms with Crippen LogP contribution in [0.4, 0.5) is 0 Å². The summed E-state index contributed by atoms with van der Waals surface area (Å²) < 4.78 is 9.69. The van der Waals surface area contributed by atoms with Crippen molar-refractivity contribution in [2.24, 2.45) is 0 Å². The molecule has 96 valence electrons. The van der Waals surface area contributed by atoms with E-state index < -0.39 is 5.76 Å². The number of hydrogen-bond acceptors (Lipinski definition) is 5. The smallest absolute Gasteiger partial charge is 0.419 e. The molecule has 0 atom stereocenters. The highest BCUT2D eigenvalue weighted by molar-refractivity contribution is 5.41. The maximum absolute atomic E-state index is 10.8. The van der Waals surface area contributed by atoms with Crippen LogP contribution >= 0.6 is 0 Å². The number of H-pyrrole nitrogens is 1. The normalized spacial score (nSPS) is 10.5. The lowest BCUT2D eigenvalue weighted by atomic mass is 10.1. The molecule has 1 aromatic heterocycles. The van der Waals surface area contributed by atoms with Crippen LogP contribution in [0.25, 0.3) is 0 Å². The van der Waals surface area contributed by atoms with Gasteiger partial charge in [-0.1, -0.05) is 6.07 Å². The highest BCUT2D eigenvalue weighted by Gasteiger charge is 2.09. The molecule has 2 aromatic rings. The minimum atomic E-state index is -0.680. The van der Waals surface area contributed by atoms with Crippen LogP contribution in [0.2, 0.25) is 0 Å². The predicted molar refractivity (Wildman–Crippen MR) is 63.1 cm³/mol. The molecule has 1 heterocycles. The molecule has 0 aliphatic rings. The van der Waals surface area contributed by atoms with E-state index in [9.17, 15) is 15.0 Å². The number of oxazole rings is 1. The molecule has 0 saturated heterocycles. The second-order valence-corrected chi connectivity index (χ2v) is 3.79. The van der Waals surface area contributed by atoms with Crippen molar-refractivity contribution in [3.63, 3.8) is 0 Å². The van der Waals surface area contributed by atoms with E-state index in [0.717, 1.165) is 5.56 Å². The number of rotatable bonds is 4. The first kappa shape index (κ1) is 12.1. The van der Waals surface area contributed by atoms with Crippen LogP contribution in [0.3, 0.4) is 0 Å². The number of methoxy groups -OCH3 is 1. The molecule has 3 N–H and O–H groups in total. The maximum atomic E-state index is 10.8. The highest BCUT2D eigenvalue weighted by Crippen LogP contribution is 2.27. The Hall–Kier alpha value is -2.37. The monoisotopic (exact) mass is 251 g/mol. The van der Waals surface area contributed by atoms with Crippen molar-refractivity contribution in [1.82, 2.24) is 4.98 Å². The molecule has 0 spiro atoms. The SMILES string of the molecule is COc1ccc(CCc2oc(=O)[nH]c2O)cc1O. The second kappa shape index (κ2) is 4.87. The Morgan fingerprint density at radius 3 is 2.67 bits per heavy atom. The van der Waals surface area contributed by atoms with Crippen molar-refractivity contribution in [2.75, 3.05) is 7.11 Å². The van der Waals surface area contributed by atoms with Crippen molar-refractivity contribution in [1.29, 1.82) is 0 Å². The van der Waals surface area contributed by atoms with Crippen molar-refractivity contribution in [3.8, 4) is 17.4 Å². The summed E-state index contributed by atoms with van der Waals surface area (Å²) in [6, 6.07) is 5.01. The Kier molecular flexibility index (Phi) is 3.27. The fraction of sp³-hybridized carbons (Fsp3) is 0.250. The van der Waals surface area contributed by atoms with Gasteiger partial charge in [-0.3, -0.25) is 4.98 Å². The van der Waals surface area contributed by atoms with Gasteiger partial charge in [-0.25, -0.2) is 4.79 Å². The van der Waals surface area contributed by atoms with E-state index in [2.05, 4.69) is 4.98 Å². The quantitative estimate of drug-likeness (QED) is 0.758. The van der Waals surface area contributed by atoms with Crippen LogP contribution in [0, 0.1) is 0 Å². The summed E-state index contributed by atoms with van der Waals surface area (Å²) in [5, 5.41) is 18.9. The Labute approximate surface area is 102 Å². The summed E-state index contributed by atoms with van der Waals surface area (Å²) >= 11 is 0. The molecule has 0 aliphatic heterocycles. The van der Waals surface area contributed by atoms with Crippen LogP contribution in [-0.2, 0) is 12.8 Å². The average Bonchev–Trinajstić information content (AvgIpc) is 2.65. The first-order chi connectivity index (χ1) is 8.60. The van der Waals surface area contributed by atoms with Crippen molar-refractivity contribution in [2.45, 2.75) is 12.8 Å². The first-order valence-electron chi connectivity index (χ1n) is 5.37. The number of aryl methyl sites for hydroxylation is 2. The van der Waals surface area contributed by atoms with Gasteiger partial charge < -0.3 is 19.4 Å². The molecule has 0 radical (unpaired) electrons. The van der Waals surface area contributed by atoms with Crippen molar-refractivity contribution < 1.29 is 19.4 Å². The van der Waals surface area contributed by atoms with Crippen LogP contribution in [-0.4, -0.2) is 22.3 Å². The molecular weight excluding hydrogens is 238 g/mol. The zero-order chi connectivity index (χ0) is 13.1. The third-order valence-corrected chi connectivity index (χ3v) is 2.58. The summed E-state index contributed by atoms with van der Waals surface area (Å²) in [4.78, 5) is 13.0. The van der Waals surface area contributed by atoms with Gasteiger partial charge in [0.1, 0.15) is 0 Å². The molecule has 18 heavy (non-hydrogen) atoms. The molecule has 1 aromatic carbocycles. The summed E-state index contributed by atoms with van der Waals surface area (Å²) in [7, 11) is 1.47. The van der Waals surface area contributed by atoms with E-state index in [0.29, 0.717) is 18.6 Å². The molecule has 6 nitrogen and oxygen atoms in total. The number of aromatic amines is 1. The largest absolute Gasteiger partial charge is 0.504 e. The van der Waals surface area contributed by atoms with Gasteiger partial charge in [0, 0.05) is 6.42 Å². The number of benzene rings is 1. The lowest BCUT2D eigenvalue weighted by Crippen LogP contribution is -1.94. The molecule has 6 heteroatoms. The topological polar surface area (TPSA) is 95.7 Å². The first-order valence-corrected chi connectivity index (χ1v) is 5.37. The minimum Gasteiger partial charge on any atom is -0.504 e. The van der Waals surface area contributed by atoms with Crippen molar-refractivity contribution >= 4 is 0 Å². The number of hydrogen-bond donors (Lipinski definition) is 3. The third kappa shape index (κ3) is 2.48. The van der Waals surface area contributed by atoms with Gasteiger partial charge in [-0.2, -0.15) is 0 Å². The lowest BCUT2D eigenvalue weighted by molar-refractivity contribution is 0.373. The van der Waals surface area contributed by atoms with Gasteiger partial charge in [0.05, 0.1) is 7.11 Å². The van der Waals surface area contributed by atoms with E-state index in [1.54, 1.807) is 18.2 Å². The molecule has 0 amide bonds. The Bertz CT molecular complexity index is 599. The minimum absolute atomic E-state index is 0.0507. The predicted octanol–water partition coefficient (Wildman–Crippen LogP) is 1.17. The fourth-order valence-corrected chi connectivity index (χ4v) is 1.67. The van der Waals surface area contributed by atoms with E-state index in [1.165, 1.54) is 7.11 Å².